The molecule has 10 heteroatoms. The molecule has 2 aliphatic rings. The van der Waals surface area contributed by atoms with Crippen molar-refractivity contribution in [1.29, 1.82) is 0 Å². The normalized spacial score (nSPS) is 16.1. The molecule has 3 heterocycles. The summed E-state index contributed by atoms with van der Waals surface area (Å²) in [6.45, 7) is -1.58. The van der Waals surface area contributed by atoms with Crippen molar-refractivity contribution in [3.8, 4) is 5.88 Å². The number of halogens is 2. The Hall–Kier alpha value is -3.30. The molecule has 0 spiro atoms. The molecule has 2 aromatic rings. The van der Waals surface area contributed by atoms with Crippen LogP contribution in [0.15, 0.2) is 30.5 Å². The van der Waals surface area contributed by atoms with Gasteiger partial charge in [0.25, 0.3) is 0 Å². The van der Waals surface area contributed by atoms with Crippen LogP contribution in [0.1, 0.15) is 61.7 Å². The van der Waals surface area contributed by atoms with Gasteiger partial charge < -0.3 is 19.6 Å². The molecule has 1 aliphatic carbocycles. The van der Waals surface area contributed by atoms with E-state index < -0.39 is 18.6 Å². The molecule has 190 valence electrons. The Kier molecular flexibility index (Phi) is 8.95. The van der Waals surface area contributed by atoms with Crippen molar-refractivity contribution in [2.45, 2.75) is 65.0 Å². The van der Waals surface area contributed by atoms with Gasteiger partial charge in [-0.15, -0.1) is 0 Å². The number of aliphatic carboxylic acids is 1. The number of pyridine rings is 2. The highest BCUT2D eigenvalue weighted by atomic mass is 19.3. The van der Waals surface area contributed by atoms with Gasteiger partial charge in [-0.3, -0.25) is 9.78 Å². The molecule has 4 rings (SSSR count). The van der Waals surface area contributed by atoms with Crippen molar-refractivity contribution in [3.63, 3.8) is 0 Å². The van der Waals surface area contributed by atoms with Crippen LogP contribution >= 0.6 is 0 Å². The van der Waals surface area contributed by atoms with Crippen LogP contribution in [0.25, 0.3) is 0 Å². The van der Waals surface area contributed by atoms with Crippen molar-refractivity contribution < 1.29 is 28.2 Å². The van der Waals surface area contributed by atoms with Gasteiger partial charge in [0, 0.05) is 43.3 Å². The zero-order valence-electron chi connectivity index (χ0n) is 18.8. The second kappa shape index (κ2) is 11.9. The molecule has 1 aliphatic heterocycles. The van der Waals surface area contributed by atoms with Crippen LogP contribution in [0.4, 0.5) is 13.6 Å². The summed E-state index contributed by atoms with van der Waals surface area (Å²) in [7, 11) is 0. The van der Waals surface area contributed by atoms with Crippen molar-refractivity contribution >= 4 is 12.0 Å². The highest BCUT2D eigenvalue weighted by molar-refractivity contribution is 5.78. The number of carbonyl (C=O) groups is 2. The molecule has 2 aromatic heterocycles. The van der Waals surface area contributed by atoms with Gasteiger partial charge in [0.1, 0.15) is 0 Å². The van der Waals surface area contributed by atoms with Gasteiger partial charge in [-0.2, -0.15) is 8.78 Å². The minimum Gasteiger partial charge on any atom is -0.481 e. The first-order valence-electron chi connectivity index (χ1n) is 11.6. The van der Waals surface area contributed by atoms with E-state index in [1.165, 1.54) is 47.3 Å². The van der Waals surface area contributed by atoms with Crippen molar-refractivity contribution in [2.24, 2.45) is 0 Å². The molecule has 1 N–H and O–H groups in total. The van der Waals surface area contributed by atoms with Crippen LogP contribution in [0.2, 0.25) is 0 Å². The lowest BCUT2D eigenvalue weighted by atomic mass is 9.95. The lowest BCUT2D eigenvalue weighted by molar-refractivity contribution is -0.138. The first-order chi connectivity index (χ1) is 16.4. The Balaban J connectivity index is 0.00000342. The van der Waals surface area contributed by atoms with Gasteiger partial charge in [-0.1, -0.05) is 19.6 Å². The second-order valence-electron chi connectivity index (χ2n) is 8.60. The van der Waals surface area contributed by atoms with Crippen molar-refractivity contribution in [3.05, 3.63) is 53.0 Å². The number of rotatable bonds is 10. The number of carbonyl (C=O) groups excluding carboxylic acids is 1. The third kappa shape index (κ3) is 6.64. The lowest BCUT2D eigenvalue weighted by Gasteiger charge is -2.27. The number of amides is 2. The zero-order chi connectivity index (χ0) is 24.1. The number of carboxylic acids is 1. The molecule has 1 atom stereocenters. The first kappa shape index (κ1) is 26.3. The van der Waals surface area contributed by atoms with Crippen LogP contribution in [-0.4, -0.2) is 63.1 Å². The number of aromatic nitrogens is 2. The molecule has 0 aromatic carbocycles. The summed E-state index contributed by atoms with van der Waals surface area (Å²) in [6.07, 6.45) is 7.01. The SMILES string of the molecule is C.O=C(O)CC(c1ccc(OC(F)F)nc1)N1CCN(CCCc2ccc3c(n2)CCCC3)C1=O. The van der Waals surface area contributed by atoms with E-state index in [2.05, 4.69) is 21.9 Å². The molecule has 2 amide bonds. The summed E-state index contributed by atoms with van der Waals surface area (Å²) in [4.78, 5) is 36.4. The largest absolute Gasteiger partial charge is 0.481 e. The third-order valence-corrected chi connectivity index (χ3v) is 6.32. The summed E-state index contributed by atoms with van der Waals surface area (Å²) in [6, 6.07) is 5.97. The Morgan fingerprint density at radius 2 is 1.94 bits per heavy atom. The van der Waals surface area contributed by atoms with E-state index in [-0.39, 0.29) is 25.8 Å². The number of nitrogens with zero attached hydrogens (tertiary/aromatic N) is 4. The maximum Gasteiger partial charge on any atom is 0.388 e. The Morgan fingerprint density at radius 1 is 1.14 bits per heavy atom. The first-order valence-corrected chi connectivity index (χ1v) is 11.6. The molecular weight excluding hydrogens is 458 g/mol. The van der Waals surface area contributed by atoms with E-state index in [0.29, 0.717) is 25.2 Å². The molecule has 1 unspecified atom stereocenters. The van der Waals surface area contributed by atoms with E-state index >= 15 is 0 Å². The van der Waals surface area contributed by atoms with E-state index in [1.807, 2.05) is 0 Å². The molecule has 35 heavy (non-hydrogen) atoms. The molecule has 0 saturated carbocycles. The second-order valence-corrected chi connectivity index (χ2v) is 8.60. The number of urea groups is 1. The number of alkyl halides is 2. The average Bonchev–Trinajstić information content (AvgIpc) is 3.17. The number of carboxylic acid groups (broad SMARTS) is 1. The van der Waals surface area contributed by atoms with Crippen LogP contribution in [0.5, 0.6) is 5.88 Å². The molecule has 0 radical (unpaired) electrons. The Bertz CT molecular complexity index is 1020. The fourth-order valence-corrected chi connectivity index (χ4v) is 4.64. The van der Waals surface area contributed by atoms with Crippen LogP contribution in [0, 0.1) is 0 Å². The van der Waals surface area contributed by atoms with E-state index in [9.17, 15) is 23.5 Å². The standard InChI is InChI=1S/C24H28F2N4O4.CH4/c25-23(26)34-21-10-8-17(15-27-21)20(14-22(31)32)30-13-12-29(24(30)33)11-3-5-18-9-7-16-4-1-2-6-19(16)28-18;/h7-10,15,20,23H,1-6,11-14H2,(H,31,32);1H4. The highest BCUT2D eigenvalue weighted by Crippen LogP contribution is 2.29. The average molecular weight is 491 g/mol. The maximum atomic E-state index is 13.0. The predicted molar refractivity (Wildman–Crippen MR) is 125 cm³/mol. The fraction of sp³-hybridized carbons (Fsp3) is 0.520. The molecular formula is C25H32F2N4O4. The summed E-state index contributed by atoms with van der Waals surface area (Å²) >= 11 is 0. The van der Waals surface area contributed by atoms with E-state index in [1.54, 1.807) is 4.90 Å². The Morgan fingerprint density at radius 3 is 2.66 bits per heavy atom. The smallest absolute Gasteiger partial charge is 0.388 e. The molecule has 1 saturated heterocycles. The topological polar surface area (TPSA) is 95.9 Å². The van der Waals surface area contributed by atoms with Gasteiger partial charge in [0.05, 0.1) is 12.5 Å². The number of ether oxygens (including phenoxy) is 1. The fourth-order valence-electron chi connectivity index (χ4n) is 4.64. The van der Waals surface area contributed by atoms with Gasteiger partial charge in [-0.05, 0) is 55.7 Å². The lowest BCUT2D eigenvalue weighted by Crippen LogP contribution is -2.36. The quantitative estimate of drug-likeness (QED) is 0.528. The summed E-state index contributed by atoms with van der Waals surface area (Å²) in [5.41, 5.74) is 4.03. The van der Waals surface area contributed by atoms with Crippen molar-refractivity contribution in [1.82, 2.24) is 19.8 Å². The van der Waals surface area contributed by atoms with Gasteiger partial charge in [0.15, 0.2) is 0 Å². The Labute approximate surface area is 203 Å². The van der Waals surface area contributed by atoms with Gasteiger partial charge >= 0.3 is 18.6 Å². The predicted octanol–water partition coefficient (Wildman–Crippen LogP) is 4.48. The van der Waals surface area contributed by atoms with Crippen LogP contribution in [0.3, 0.4) is 0 Å². The van der Waals surface area contributed by atoms with Gasteiger partial charge in [0.2, 0.25) is 5.88 Å². The maximum absolute atomic E-state index is 13.0. The summed E-state index contributed by atoms with van der Waals surface area (Å²) in [5.74, 6) is -1.33. The van der Waals surface area contributed by atoms with Crippen LogP contribution in [-0.2, 0) is 24.1 Å². The third-order valence-electron chi connectivity index (χ3n) is 6.32. The molecule has 8 nitrogen and oxygen atoms in total. The number of fused-ring (bicyclic) bond motifs is 1. The number of aryl methyl sites for hydroxylation is 3. The summed E-state index contributed by atoms with van der Waals surface area (Å²) in [5, 5.41) is 9.38. The molecule has 1 fully saturated rings. The number of hydrogen-bond donors (Lipinski definition) is 1. The molecule has 0 bridgehead atoms. The van der Waals surface area contributed by atoms with E-state index in [0.717, 1.165) is 31.4 Å². The monoisotopic (exact) mass is 490 g/mol. The minimum atomic E-state index is -3.00. The summed E-state index contributed by atoms with van der Waals surface area (Å²) < 4.78 is 29.0. The minimum absolute atomic E-state index is 0. The van der Waals surface area contributed by atoms with Crippen molar-refractivity contribution in [2.75, 3.05) is 19.6 Å². The zero-order valence-corrected chi connectivity index (χ0v) is 18.8. The van der Waals surface area contributed by atoms with Crippen LogP contribution < -0.4 is 4.74 Å². The van der Waals surface area contributed by atoms with Gasteiger partial charge in [-0.25, -0.2) is 9.78 Å². The highest BCUT2D eigenvalue weighted by Gasteiger charge is 2.35. The number of hydrogen-bond acceptors (Lipinski definition) is 5. The van der Waals surface area contributed by atoms with E-state index in [4.69, 9.17) is 4.98 Å².